The molecule has 2 fully saturated rings. The number of rotatable bonds is 11. The lowest BCUT2D eigenvalue weighted by Crippen LogP contribution is -2.37. The van der Waals surface area contributed by atoms with Crippen LogP contribution in [0.15, 0.2) is 53.5 Å². The third-order valence-electron chi connectivity index (χ3n) is 8.97. The number of aryl methyl sites for hydroxylation is 2. The van der Waals surface area contributed by atoms with Crippen molar-refractivity contribution in [1.29, 1.82) is 0 Å². The number of nitrogens with zero attached hydrogens (tertiary/aromatic N) is 3. The standard InChI is InChI=1S/C35H43N5O4/c1-24-18-25(2)38-35(42)31(24)21-36-34(41)30-19-28(20-33-32(30)22-37-40(33)29-6-3-4-7-29)27-10-8-26(9-11-27)23-44-15-5-12-39-13-16-43-17-14-39/h8-11,18-20,22,29H,3-7,12-17,21,23H2,1-2H3,(H,36,41)(H,38,42). The molecule has 1 saturated carbocycles. The number of carbonyl (C=O) groups excluding carboxylic acids is 1. The van der Waals surface area contributed by atoms with Crippen molar-refractivity contribution >= 4 is 16.8 Å². The Morgan fingerprint density at radius 2 is 1.84 bits per heavy atom. The molecule has 0 radical (unpaired) electrons. The van der Waals surface area contributed by atoms with Gasteiger partial charge in [-0.25, -0.2) is 0 Å². The van der Waals surface area contributed by atoms with Crippen LogP contribution in [-0.2, 0) is 22.6 Å². The summed E-state index contributed by atoms with van der Waals surface area (Å²) < 4.78 is 13.5. The van der Waals surface area contributed by atoms with E-state index in [4.69, 9.17) is 14.6 Å². The fourth-order valence-corrected chi connectivity index (χ4v) is 6.50. The Morgan fingerprint density at radius 1 is 1.07 bits per heavy atom. The van der Waals surface area contributed by atoms with E-state index in [1.54, 1.807) is 0 Å². The zero-order valence-electron chi connectivity index (χ0n) is 25.9. The van der Waals surface area contributed by atoms with Crippen LogP contribution in [0.1, 0.15) is 70.9 Å². The summed E-state index contributed by atoms with van der Waals surface area (Å²) in [5.74, 6) is -0.218. The molecule has 3 heterocycles. The van der Waals surface area contributed by atoms with E-state index in [0.29, 0.717) is 23.8 Å². The van der Waals surface area contributed by atoms with Gasteiger partial charge in [-0.3, -0.25) is 19.2 Å². The number of H-pyrrole nitrogens is 1. The Hall–Kier alpha value is -3.79. The first-order chi connectivity index (χ1) is 21.5. The molecule has 2 aliphatic rings. The van der Waals surface area contributed by atoms with E-state index in [0.717, 1.165) is 97.6 Å². The van der Waals surface area contributed by atoms with Gasteiger partial charge in [0.25, 0.3) is 11.5 Å². The molecule has 232 valence electrons. The lowest BCUT2D eigenvalue weighted by Gasteiger charge is -2.26. The van der Waals surface area contributed by atoms with Gasteiger partial charge in [-0.05, 0) is 73.6 Å². The third-order valence-corrected chi connectivity index (χ3v) is 8.97. The van der Waals surface area contributed by atoms with Crippen LogP contribution >= 0.6 is 0 Å². The number of ether oxygens (including phenoxy) is 2. The van der Waals surface area contributed by atoms with Crippen LogP contribution in [-0.4, -0.2) is 65.0 Å². The van der Waals surface area contributed by atoms with E-state index in [9.17, 15) is 9.59 Å². The second-order valence-electron chi connectivity index (χ2n) is 12.2. The Labute approximate surface area is 258 Å². The van der Waals surface area contributed by atoms with Crippen molar-refractivity contribution < 1.29 is 14.3 Å². The Kier molecular flexibility index (Phi) is 9.54. The summed E-state index contributed by atoms with van der Waals surface area (Å²) in [5, 5.41) is 8.60. The molecule has 0 unspecified atom stereocenters. The van der Waals surface area contributed by atoms with E-state index in [2.05, 4.69) is 50.2 Å². The number of aromatic amines is 1. The highest BCUT2D eigenvalue weighted by molar-refractivity contribution is 6.08. The van der Waals surface area contributed by atoms with Crippen molar-refractivity contribution in [2.45, 2.75) is 65.1 Å². The fraction of sp³-hybridized carbons (Fsp3) is 0.457. The molecule has 0 atom stereocenters. The average molecular weight is 598 g/mol. The number of aromatic nitrogens is 3. The molecule has 4 aromatic rings. The highest BCUT2D eigenvalue weighted by atomic mass is 16.5. The maximum atomic E-state index is 13.7. The predicted octanol–water partition coefficient (Wildman–Crippen LogP) is 5.29. The normalized spacial score (nSPS) is 16.1. The molecule has 0 bridgehead atoms. The first-order valence-electron chi connectivity index (χ1n) is 15.9. The summed E-state index contributed by atoms with van der Waals surface area (Å²) in [5.41, 5.74) is 6.71. The van der Waals surface area contributed by atoms with Gasteiger partial charge in [0.2, 0.25) is 0 Å². The average Bonchev–Trinajstić information content (AvgIpc) is 3.71. The van der Waals surface area contributed by atoms with Crippen LogP contribution < -0.4 is 10.9 Å². The molecule has 44 heavy (non-hydrogen) atoms. The van der Waals surface area contributed by atoms with Gasteiger partial charge >= 0.3 is 0 Å². The second kappa shape index (κ2) is 13.9. The van der Waals surface area contributed by atoms with Gasteiger partial charge in [0.05, 0.1) is 43.1 Å². The van der Waals surface area contributed by atoms with Crippen molar-refractivity contribution in [3.05, 3.63) is 87.0 Å². The number of hydrogen-bond donors (Lipinski definition) is 2. The molecule has 2 N–H and O–H groups in total. The van der Waals surface area contributed by atoms with Gasteiger partial charge in [0, 0.05) is 49.4 Å². The number of morpholine rings is 1. The number of nitrogens with one attached hydrogen (secondary N) is 2. The molecule has 1 aliphatic heterocycles. The number of amides is 1. The molecule has 0 spiro atoms. The van der Waals surface area contributed by atoms with Crippen LogP contribution in [0, 0.1) is 13.8 Å². The lowest BCUT2D eigenvalue weighted by atomic mass is 9.98. The largest absolute Gasteiger partial charge is 0.379 e. The topological polar surface area (TPSA) is 101 Å². The Balaban J connectivity index is 1.19. The monoisotopic (exact) mass is 597 g/mol. The van der Waals surface area contributed by atoms with Gasteiger partial charge < -0.3 is 19.8 Å². The SMILES string of the molecule is Cc1cc(C)c(CNC(=O)c2cc(-c3ccc(COCCCN4CCOCC4)cc3)cc3c2cnn3C2CCCC2)c(=O)[nH]1. The number of hydrogen-bond acceptors (Lipinski definition) is 6. The predicted molar refractivity (Wildman–Crippen MR) is 172 cm³/mol. The van der Waals surface area contributed by atoms with Gasteiger partial charge in [-0.2, -0.15) is 5.10 Å². The summed E-state index contributed by atoms with van der Waals surface area (Å²) in [7, 11) is 0. The van der Waals surface area contributed by atoms with Crippen LogP contribution in [0.5, 0.6) is 0 Å². The molecule has 6 rings (SSSR count). The summed E-state index contributed by atoms with van der Waals surface area (Å²) in [4.78, 5) is 31.5. The molecule has 1 saturated heterocycles. The van der Waals surface area contributed by atoms with Gasteiger partial charge in [0.1, 0.15) is 0 Å². The zero-order chi connectivity index (χ0) is 30.5. The van der Waals surface area contributed by atoms with Crippen LogP contribution in [0.4, 0.5) is 0 Å². The van der Waals surface area contributed by atoms with E-state index < -0.39 is 0 Å². The van der Waals surface area contributed by atoms with E-state index in [1.807, 2.05) is 32.2 Å². The van der Waals surface area contributed by atoms with Crippen molar-refractivity contribution in [2.75, 3.05) is 39.5 Å². The maximum absolute atomic E-state index is 13.7. The minimum absolute atomic E-state index is 0.157. The number of fused-ring (bicyclic) bond motifs is 1. The van der Waals surface area contributed by atoms with Crippen LogP contribution in [0.3, 0.4) is 0 Å². The van der Waals surface area contributed by atoms with Crippen LogP contribution in [0.2, 0.25) is 0 Å². The van der Waals surface area contributed by atoms with Crippen LogP contribution in [0.25, 0.3) is 22.0 Å². The Morgan fingerprint density at radius 3 is 2.59 bits per heavy atom. The third kappa shape index (κ3) is 6.96. The summed E-state index contributed by atoms with van der Waals surface area (Å²) in [6.45, 7) is 9.91. The first-order valence-corrected chi connectivity index (χ1v) is 15.9. The fourth-order valence-electron chi connectivity index (χ4n) is 6.50. The summed E-state index contributed by atoms with van der Waals surface area (Å²) >= 11 is 0. The lowest BCUT2D eigenvalue weighted by molar-refractivity contribution is 0.0310. The number of pyridine rings is 1. The van der Waals surface area contributed by atoms with Gasteiger partial charge in [0.15, 0.2) is 0 Å². The molecular weight excluding hydrogens is 554 g/mol. The van der Waals surface area contributed by atoms with E-state index in [-0.39, 0.29) is 18.0 Å². The number of carbonyl (C=O) groups is 1. The molecule has 9 heteroatoms. The molecule has 2 aromatic heterocycles. The van der Waals surface area contributed by atoms with Crippen molar-refractivity contribution in [3.63, 3.8) is 0 Å². The van der Waals surface area contributed by atoms with Crippen molar-refractivity contribution in [2.24, 2.45) is 0 Å². The summed E-state index contributed by atoms with van der Waals surface area (Å²) in [6.07, 6.45) is 7.41. The second-order valence-corrected chi connectivity index (χ2v) is 12.2. The maximum Gasteiger partial charge on any atom is 0.253 e. The zero-order valence-corrected chi connectivity index (χ0v) is 25.9. The Bertz CT molecular complexity index is 1650. The first kappa shape index (κ1) is 30.2. The molecule has 1 amide bonds. The molecule has 1 aliphatic carbocycles. The van der Waals surface area contributed by atoms with Gasteiger partial charge in [-0.1, -0.05) is 37.1 Å². The highest BCUT2D eigenvalue weighted by Gasteiger charge is 2.23. The smallest absolute Gasteiger partial charge is 0.253 e. The minimum Gasteiger partial charge on any atom is -0.379 e. The molecule has 9 nitrogen and oxygen atoms in total. The summed E-state index contributed by atoms with van der Waals surface area (Å²) in [6, 6.07) is 14.8. The minimum atomic E-state index is -0.218. The van der Waals surface area contributed by atoms with E-state index in [1.165, 1.54) is 12.8 Å². The van der Waals surface area contributed by atoms with Gasteiger partial charge in [-0.15, -0.1) is 0 Å². The van der Waals surface area contributed by atoms with E-state index >= 15 is 0 Å². The number of benzene rings is 2. The van der Waals surface area contributed by atoms with Crippen molar-refractivity contribution in [1.82, 2.24) is 25.0 Å². The quantitative estimate of drug-likeness (QED) is 0.228. The van der Waals surface area contributed by atoms with Crippen molar-refractivity contribution in [3.8, 4) is 11.1 Å². The molecule has 2 aromatic carbocycles. The highest BCUT2D eigenvalue weighted by Crippen LogP contribution is 2.35. The molecular formula is C35H43N5O4.